The third kappa shape index (κ3) is 2.42. The van der Waals surface area contributed by atoms with Gasteiger partial charge in [-0.05, 0) is 35.4 Å². The lowest BCUT2D eigenvalue weighted by atomic mass is 9.97. The predicted octanol–water partition coefficient (Wildman–Crippen LogP) is 3.74. The van der Waals surface area contributed by atoms with Crippen LogP contribution in [0.25, 0.3) is 0 Å². The molecular formula is C15H14N2O2. The molecule has 2 aromatic carbocycles. The van der Waals surface area contributed by atoms with Gasteiger partial charge in [-0.1, -0.05) is 24.3 Å². The van der Waals surface area contributed by atoms with Crippen LogP contribution in [0.2, 0.25) is 0 Å². The van der Waals surface area contributed by atoms with E-state index in [-0.39, 0.29) is 23.6 Å². The molecule has 0 spiro atoms. The second-order valence-electron chi connectivity index (χ2n) is 4.68. The molecule has 96 valence electrons. The lowest BCUT2D eigenvalue weighted by molar-refractivity contribution is 0.474. The standard InChI is InChI=1S/C15H14N2O2/c18-12-5-1-10(2-6-12)14-9-15(17-16-14)11-3-7-13(19)8-4-11/h1-8,14-15,18-19H,9H2. The number of nitrogens with zero attached hydrogens (tertiary/aromatic N) is 2. The molecule has 2 unspecified atom stereocenters. The monoisotopic (exact) mass is 254 g/mol. The van der Waals surface area contributed by atoms with Gasteiger partial charge in [0, 0.05) is 6.42 Å². The second-order valence-corrected chi connectivity index (χ2v) is 4.68. The van der Waals surface area contributed by atoms with Gasteiger partial charge in [0.1, 0.15) is 11.5 Å². The fraction of sp³-hybridized carbons (Fsp3) is 0.200. The van der Waals surface area contributed by atoms with Crippen LogP contribution in [0.5, 0.6) is 11.5 Å². The first kappa shape index (κ1) is 11.7. The van der Waals surface area contributed by atoms with Gasteiger partial charge in [-0.15, -0.1) is 0 Å². The molecule has 0 saturated heterocycles. The Morgan fingerprint density at radius 2 is 1.05 bits per heavy atom. The van der Waals surface area contributed by atoms with E-state index >= 15 is 0 Å². The van der Waals surface area contributed by atoms with Crippen molar-refractivity contribution in [3.05, 3.63) is 59.7 Å². The Balaban J connectivity index is 1.76. The first-order valence-corrected chi connectivity index (χ1v) is 6.20. The Hall–Kier alpha value is -2.36. The molecule has 0 bridgehead atoms. The number of hydrogen-bond acceptors (Lipinski definition) is 4. The van der Waals surface area contributed by atoms with E-state index in [9.17, 15) is 10.2 Å². The normalized spacial score (nSPS) is 21.7. The maximum absolute atomic E-state index is 9.28. The SMILES string of the molecule is Oc1ccc(C2CC(c3ccc(O)cc3)N=N2)cc1. The summed E-state index contributed by atoms with van der Waals surface area (Å²) in [6.45, 7) is 0. The number of phenols is 2. The van der Waals surface area contributed by atoms with Crippen molar-refractivity contribution >= 4 is 0 Å². The zero-order valence-corrected chi connectivity index (χ0v) is 10.3. The molecule has 1 aliphatic rings. The molecule has 0 amide bonds. The smallest absolute Gasteiger partial charge is 0.115 e. The minimum absolute atomic E-state index is 0.0411. The largest absolute Gasteiger partial charge is 0.508 e. The van der Waals surface area contributed by atoms with Gasteiger partial charge in [-0.2, -0.15) is 10.2 Å². The third-order valence-corrected chi connectivity index (χ3v) is 3.35. The van der Waals surface area contributed by atoms with Crippen LogP contribution in [0.3, 0.4) is 0 Å². The van der Waals surface area contributed by atoms with Gasteiger partial charge < -0.3 is 10.2 Å². The summed E-state index contributed by atoms with van der Waals surface area (Å²) in [7, 11) is 0. The summed E-state index contributed by atoms with van der Waals surface area (Å²) in [5, 5.41) is 27.1. The van der Waals surface area contributed by atoms with E-state index in [1.54, 1.807) is 24.3 Å². The number of rotatable bonds is 2. The highest BCUT2D eigenvalue weighted by Gasteiger charge is 2.24. The van der Waals surface area contributed by atoms with Gasteiger partial charge in [-0.25, -0.2) is 0 Å². The van der Waals surface area contributed by atoms with Gasteiger partial charge in [0.25, 0.3) is 0 Å². The van der Waals surface area contributed by atoms with Crippen molar-refractivity contribution in [1.29, 1.82) is 0 Å². The highest BCUT2D eigenvalue weighted by Crippen LogP contribution is 2.39. The topological polar surface area (TPSA) is 65.2 Å². The van der Waals surface area contributed by atoms with Crippen molar-refractivity contribution < 1.29 is 10.2 Å². The first-order valence-electron chi connectivity index (χ1n) is 6.20. The van der Waals surface area contributed by atoms with Gasteiger partial charge in [-0.3, -0.25) is 0 Å². The minimum atomic E-state index is 0.0411. The highest BCUT2D eigenvalue weighted by molar-refractivity contribution is 5.31. The lowest BCUT2D eigenvalue weighted by Gasteiger charge is -2.09. The fourth-order valence-corrected chi connectivity index (χ4v) is 2.27. The van der Waals surface area contributed by atoms with E-state index in [0.29, 0.717) is 0 Å². The molecule has 0 saturated carbocycles. The first-order chi connectivity index (χ1) is 9.22. The molecular weight excluding hydrogens is 240 g/mol. The summed E-state index contributed by atoms with van der Waals surface area (Å²) in [6.07, 6.45) is 0.815. The number of azo groups is 1. The molecule has 4 nitrogen and oxygen atoms in total. The van der Waals surface area contributed by atoms with Crippen LogP contribution in [-0.4, -0.2) is 10.2 Å². The van der Waals surface area contributed by atoms with Crippen molar-refractivity contribution in [3.63, 3.8) is 0 Å². The minimum Gasteiger partial charge on any atom is -0.508 e. The quantitative estimate of drug-likeness (QED) is 0.857. The van der Waals surface area contributed by atoms with Gasteiger partial charge in [0.2, 0.25) is 0 Å². The lowest BCUT2D eigenvalue weighted by Crippen LogP contribution is -1.96. The van der Waals surface area contributed by atoms with Crippen LogP contribution >= 0.6 is 0 Å². The van der Waals surface area contributed by atoms with Crippen molar-refractivity contribution in [3.8, 4) is 11.5 Å². The molecule has 1 aliphatic heterocycles. The zero-order chi connectivity index (χ0) is 13.2. The van der Waals surface area contributed by atoms with Crippen LogP contribution in [0, 0.1) is 0 Å². The van der Waals surface area contributed by atoms with Crippen LogP contribution < -0.4 is 0 Å². The number of benzene rings is 2. The van der Waals surface area contributed by atoms with Crippen LogP contribution in [0.15, 0.2) is 58.8 Å². The predicted molar refractivity (Wildman–Crippen MR) is 71.2 cm³/mol. The Morgan fingerprint density at radius 1 is 0.684 bits per heavy atom. The Bertz CT molecular complexity index is 537. The summed E-state index contributed by atoms with van der Waals surface area (Å²) in [6, 6.07) is 14.2. The molecule has 19 heavy (non-hydrogen) atoms. The Labute approximate surface area is 111 Å². The molecule has 1 heterocycles. The molecule has 4 heteroatoms. The molecule has 2 aromatic rings. The van der Waals surface area contributed by atoms with E-state index in [4.69, 9.17) is 0 Å². The van der Waals surface area contributed by atoms with E-state index in [1.165, 1.54) is 0 Å². The molecule has 2 N–H and O–H groups in total. The third-order valence-electron chi connectivity index (χ3n) is 3.35. The average molecular weight is 254 g/mol. The number of phenolic OH excluding ortho intramolecular Hbond substituents is 2. The molecule has 2 atom stereocenters. The summed E-state index contributed by atoms with van der Waals surface area (Å²) in [5.41, 5.74) is 2.12. The second kappa shape index (κ2) is 4.72. The van der Waals surface area contributed by atoms with Crippen molar-refractivity contribution in [2.45, 2.75) is 18.5 Å². The number of hydrogen-bond donors (Lipinski definition) is 2. The van der Waals surface area contributed by atoms with E-state index < -0.39 is 0 Å². The fourth-order valence-electron chi connectivity index (χ4n) is 2.27. The van der Waals surface area contributed by atoms with Crippen molar-refractivity contribution in [2.75, 3.05) is 0 Å². The molecule has 0 fully saturated rings. The highest BCUT2D eigenvalue weighted by atomic mass is 16.3. The summed E-state index contributed by atoms with van der Waals surface area (Å²) < 4.78 is 0. The van der Waals surface area contributed by atoms with Crippen LogP contribution in [-0.2, 0) is 0 Å². The van der Waals surface area contributed by atoms with E-state index in [2.05, 4.69) is 10.2 Å². The van der Waals surface area contributed by atoms with Crippen molar-refractivity contribution in [2.24, 2.45) is 10.2 Å². The van der Waals surface area contributed by atoms with Gasteiger partial charge in [0.15, 0.2) is 0 Å². The Morgan fingerprint density at radius 3 is 1.42 bits per heavy atom. The number of aromatic hydroxyl groups is 2. The zero-order valence-electron chi connectivity index (χ0n) is 10.3. The van der Waals surface area contributed by atoms with E-state index in [0.717, 1.165) is 17.5 Å². The molecule has 0 aliphatic carbocycles. The average Bonchev–Trinajstić information content (AvgIpc) is 2.90. The maximum Gasteiger partial charge on any atom is 0.115 e. The maximum atomic E-state index is 9.28. The van der Waals surface area contributed by atoms with Crippen LogP contribution in [0.4, 0.5) is 0 Å². The molecule has 0 aromatic heterocycles. The van der Waals surface area contributed by atoms with Crippen molar-refractivity contribution in [1.82, 2.24) is 0 Å². The van der Waals surface area contributed by atoms with Gasteiger partial charge in [0.05, 0.1) is 12.1 Å². The summed E-state index contributed by atoms with van der Waals surface area (Å²) in [4.78, 5) is 0. The molecule has 3 rings (SSSR count). The summed E-state index contributed by atoms with van der Waals surface area (Å²) >= 11 is 0. The van der Waals surface area contributed by atoms with E-state index in [1.807, 2.05) is 24.3 Å². The van der Waals surface area contributed by atoms with Crippen LogP contribution in [0.1, 0.15) is 29.6 Å². The van der Waals surface area contributed by atoms with Gasteiger partial charge >= 0.3 is 0 Å². The summed E-state index contributed by atoms with van der Waals surface area (Å²) in [5.74, 6) is 0.516. The molecule has 0 radical (unpaired) electrons. The Kier molecular flexibility index (Phi) is 2.91.